The first-order valence-electron chi connectivity index (χ1n) is 6.47. The van der Waals surface area contributed by atoms with E-state index in [0.29, 0.717) is 0 Å². The van der Waals surface area contributed by atoms with E-state index < -0.39 is 0 Å². The van der Waals surface area contributed by atoms with Crippen molar-refractivity contribution in [2.45, 2.75) is 33.2 Å². The second-order valence-corrected chi connectivity index (χ2v) is 5.15. The molecule has 1 fully saturated rings. The van der Waals surface area contributed by atoms with E-state index in [4.69, 9.17) is 4.42 Å². The maximum atomic E-state index is 5.54. The van der Waals surface area contributed by atoms with Crippen LogP contribution in [0.25, 0.3) is 0 Å². The fourth-order valence-electron chi connectivity index (χ4n) is 2.44. The monoisotopic (exact) mass is 237 g/mol. The molecule has 0 saturated carbocycles. The van der Waals surface area contributed by atoms with Gasteiger partial charge in [0.05, 0.1) is 12.2 Å². The van der Waals surface area contributed by atoms with Crippen LogP contribution in [0, 0.1) is 19.8 Å². The van der Waals surface area contributed by atoms with Gasteiger partial charge in [0, 0.05) is 6.54 Å². The zero-order valence-corrected chi connectivity index (χ0v) is 11.1. The number of oxazole rings is 1. The molecule has 1 saturated heterocycles. The third kappa shape index (κ3) is 3.54. The number of aryl methyl sites for hydroxylation is 2. The van der Waals surface area contributed by atoms with E-state index >= 15 is 0 Å². The van der Waals surface area contributed by atoms with Gasteiger partial charge in [-0.2, -0.15) is 0 Å². The van der Waals surface area contributed by atoms with E-state index in [0.717, 1.165) is 36.4 Å². The second kappa shape index (κ2) is 5.65. The maximum Gasteiger partial charge on any atom is 0.208 e. The van der Waals surface area contributed by atoms with Gasteiger partial charge in [-0.1, -0.05) is 0 Å². The van der Waals surface area contributed by atoms with E-state index in [1.165, 1.54) is 25.9 Å². The molecule has 1 aliphatic rings. The van der Waals surface area contributed by atoms with Crippen molar-refractivity contribution in [3.63, 3.8) is 0 Å². The van der Waals surface area contributed by atoms with Crippen molar-refractivity contribution in [1.82, 2.24) is 15.2 Å². The molecule has 1 aromatic rings. The van der Waals surface area contributed by atoms with Gasteiger partial charge in [0.2, 0.25) is 5.89 Å². The first-order valence-corrected chi connectivity index (χ1v) is 6.47. The van der Waals surface area contributed by atoms with Gasteiger partial charge in [-0.05, 0) is 52.7 Å². The number of piperidine rings is 1. The van der Waals surface area contributed by atoms with Gasteiger partial charge in [0.25, 0.3) is 0 Å². The van der Waals surface area contributed by atoms with Crippen LogP contribution in [0.4, 0.5) is 0 Å². The summed E-state index contributed by atoms with van der Waals surface area (Å²) in [5.41, 5.74) is 0.999. The van der Waals surface area contributed by atoms with Crippen molar-refractivity contribution < 1.29 is 4.42 Å². The lowest BCUT2D eigenvalue weighted by Gasteiger charge is -2.29. The summed E-state index contributed by atoms with van der Waals surface area (Å²) in [6.45, 7) is 8.20. The highest BCUT2D eigenvalue weighted by molar-refractivity contribution is 5.05. The number of hydrogen-bond acceptors (Lipinski definition) is 4. The van der Waals surface area contributed by atoms with Crippen LogP contribution < -0.4 is 5.32 Å². The molecule has 1 atom stereocenters. The number of aromatic nitrogens is 1. The predicted molar refractivity (Wildman–Crippen MR) is 67.9 cm³/mol. The summed E-state index contributed by atoms with van der Waals surface area (Å²) in [6.07, 6.45) is 2.65. The minimum absolute atomic E-state index is 0.745. The zero-order valence-electron chi connectivity index (χ0n) is 11.1. The van der Waals surface area contributed by atoms with Gasteiger partial charge in [-0.3, -0.25) is 0 Å². The number of nitrogens with zero attached hydrogens (tertiary/aromatic N) is 2. The Kier molecular flexibility index (Phi) is 4.18. The van der Waals surface area contributed by atoms with Crippen LogP contribution in [0.15, 0.2) is 4.42 Å². The van der Waals surface area contributed by atoms with Gasteiger partial charge in [0.1, 0.15) is 5.76 Å². The molecular weight excluding hydrogens is 214 g/mol. The minimum atomic E-state index is 0.745. The quantitative estimate of drug-likeness (QED) is 0.866. The summed E-state index contributed by atoms with van der Waals surface area (Å²) in [7, 11) is 2.20. The summed E-state index contributed by atoms with van der Waals surface area (Å²) in [5, 5.41) is 3.45. The van der Waals surface area contributed by atoms with Crippen molar-refractivity contribution in [2.75, 3.05) is 26.7 Å². The smallest absolute Gasteiger partial charge is 0.208 e. The molecule has 0 aromatic carbocycles. The van der Waals surface area contributed by atoms with Crippen LogP contribution in [-0.2, 0) is 6.54 Å². The second-order valence-electron chi connectivity index (χ2n) is 5.15. The SMILES string of the molecule is Cc1nc(CNCC2CCCN(C)C2)oc1C. The van der Waals surface area contributed by atoms with Crippen molar-refractivity contribution in [1.29, 1.82) is 0 Å². The van der Waals surface area contributed by atoms with Crippen LogP contribution in [0.2, 0.25) is 0 Å². The average Bonchev–Trinajstić information content (AvgIpc) is 2.58. The molecule has 0 spiro atoms. The Morgan fingerprint density at radius 2 is 2.29 bits per heavy atom. The van der Waals surface area contributed by atoms with E-state index in [-0.39, 0.29) is 0 Å². The zero-order chi connectivity index (χ0) is 12.3. The summed E-state index contributed by atoms with van der Waals surface area (Å²) < 4.78 is 5.54. The molecule has 2 heterocycles. The lowest BCUT2D eigenvalue weighted by molar-refractivity contribution is 0.205. The summed E-state index contributed by atoms with van der Waals surface area (Å²) in [5.74, 6) is 2.51. The molecule has 17 heavy (non-hydrogen) atoms. The molecule has 1 aromatic heterocycles. The summed E-state index contributed by atoms with van der Waals surface area (Å²) >= 11 is 0. The highest BCUT2D eigenvalue weighted by atomic mass is 16.4. The van der Waals surface area contributed by atoms with Crippen molar-refractivity contribution in [3.8, 4) is 0 Å². The highest BCUT2D eigenvalue weighted by Crippen LogP contribution is 2.14. The Morgan fingerprint density at radius 1 is 1.47 bits per heavy atom. The Hall–Kier alpha value is -0.870. The standard InChI is InChI=1S/C13H23N3O/c1-10-11(2)17-13(15-10)8-14-7-12-5-4-6-16(3)9-12/h12,14H,4-9H2,1-3H3. The van der Waals surface area contributed by atoms with Crippen molar-refractivity contribution in [2.24, 2.45) is 5.92 Å². The minimum Gasteiger partial charge on any atom is -0.444 e. The molecule has 0 amide bonds. The molecule has 2 rings (SSSR count). The van der Waals surface area contributed by atoms with Gasteiger partial charge in [0.15, 0.2) is 0 Å². The summed E-state index contributed by atoms with van der Waals surface area (Å²) in [4.78, 5) is 6.78. The molecule has 1 aliphatic heterocycles. The number of likely N-dealkylation sites (tertiary alicyclic amines) is 1. The topological polar surface area (TPSA) is 41.3 Å². The molecule has 96 valence electrons. The molecule has 0 aliphatic carbocycles. The average molecular weight is 237 g/mol. The molecule has 1 N–H and O–H groups in total. The lowest BCUT2D eigenvalue weighted by Crippen LogP contribution is -2.37. The van der Waals surface area contributed by atoms with Crippen molar-refractivity contribution in [3.05, 3.63) is 17.3 Å². The Morgan fingerprint density at radius 3 is 2.94 bits per heavy atom. The van der Waals surface area contributed by atoms with E-state index in [1.54, 1.807) is 0 Å². The van der Waals surface area contributed by atoms with E-state index in [9.17, 15) is 0 Å². The predicted octanol–water partition coefficient (Wildman–Crippen LogP) is 1.72. The molecule has 0 bridgehead atoms. The molecule has 4 nitrogen and oxygen atoms in total. The van der Waals surface area contributed by atoms with Crippen LogP contribution in [0.5, 0.6) is 0 Å². The maximum absolute atomic E-state index is 5.54. The first-order chi connectivity index (χ1) is 8.15. The molecule has 4 heteroatoms. The van der Waals surface area contributed by atoms with Gasteiger partial charge < -0.3 is 14.6 Å². The lowest BCUT2D eigenvalue weighted by atomic mass is 9.98. The molecule has 0 radical (unpaired) electrons. The largest absolute Gasteiger partial charge is 0.444 e. The van der Waals surface area contributed by atoms with E-state index in [1.807, 2.05) is 13.8 Å². The van der Waals surface area contributed by atoms with Gasteiger partial charge >= 0.3 is 0 Å². The van der Waals surface area contributed by atoms with E-state index in [2.05, 4.69) is 22.2 Å². The fourth-order valence-corrected chi connectivity index (χ4v) is 2.44. The third-order valence-electron chi connectivity index (χ3n) is 3.50. The third-order valence-corrected chi connectivity index (χ3v) is 3.50. The molecule has 1 unspecified atom stereocenters. The van der Waals surface area contributed by atoms with Crippen LogP contribution in [0.1, 0.15) is 30.2 Å². The van der Waals surface area contributed by atoms with Crippen LogP contribution >= 0.6 is 0 Å². The fraction of sp³-hybridized carbons (Fsp3) is 0.769. The Bertz CT molecular complexity index is 342. The Balaban J connectivity index is 1.72. The van der Waals surface area contributed by atoms with Crippen LogP contribution in [0.3, 0.4) is 0 Å². The summed E-state index contributed by atoms with van der Waals surface area (Å²) in [6, 6.07) is 0. The van der Waals surface area contributed by atoms with Gasteiger partial charge in [-0.25, -0.2) is 4.98 Å². The van der Waals surface area contributed by atoms with Crippen LogP contribution in [-0.4, -0.2) is 36.6 Å². The normalized spacial score (nSPS) is 21.9. The van der Waals surface area contributed by atoms with Gasteiger partial charge in [-0.15, -0.1) is 0 Å². The van der Waals surface area contributed by atoms with Crippen molar-refractivity contribution >= 4 is 0 Å². The number of rotatable bonds is 4. The Labute approximate surface area is 103 Å². The highest BCUT2D eigenvalue weighted by Gasteiger charge is 2.16. The first kappa shape index (κ1) is 12.6. The molecular formula is C13H23N3O. The number of hydrogen-bond donors (Lipinski definition) is 1. The number of nitrogens with one attached hydrogen (secondary N) is 1.